The van der Waals surface area contributed by atoms with E-state index in [1.54, 1.807) is 6.92 Å². The van der Waals surface area contributed by atoms with Gasteiger partial charge in [-0.2, -0.15) is 0 Å². The minimum atomic E-state index is 0.126. The molecule has 1 aromatic carbocycles. The second-order valence-corrected chi connectivity index (χ2v) is 5.66. The lowest BCUT2D eigenvalue weighted by Gasteiger charge is -2.35. The van der Waals surface area contributed by atoms with Crippen molar-refractivity contribution in [1.29, 1.82) is 0 Å². The van der Waals surface area contributed by atoms with E-state index >= 15 is 0 Å². The molecule has 0 aliphatic carbocycles. The highest BCUT2D eigenvalue weighted by Gasteiger charge is 2.31. The Labute approximate surface area is 114 Å². The van der Waals surface area contributed by atoms with E-state index in [-0.39, 0.29) is 6.04 Å². The average Bonchev–Trinajstić information content (AvgIpc) is 2.83. The molecule has 0 bridgehead atoms. The van der Waals surface area contributed by atoms with E-state index in [0.29, 0.717) is 11.7 Å². The molecule has 0 saturated carbocycles. The smallest absolute Gasteiger partial charge is 0.146 e. The van der Waals surface area contributed by atoms with Crippen molar-refractivity contribution < 1.29 is 9.53 Å². The molecule has 3 rings (SSSR count). The van der Waals surface area contributed by atoms with Gasteiger partial charge in [-0.25, -0.2) is 0 Å². The van der Waals surface area contributed by atoms with E-state index in [0.717, 1.165) is 31.9 Å². The van der Waals surface area contributed by atoms with Crippen LogP contribution in [0.4, 0.5) is 0 Å². The van der Waals surface area contributed by atoms with Crippen molar-refractivity contribution in [3.05, 3.63) is 29.8 Å². The summed E-state index contributed by atoms with van der Waals surface area (Å²) in [5.74, 6) is 1.74. The first-order valence-electron chi connectivity index (χ1n) is 7.22. The number of fused-ring (bicyclic) bond motifs is 1. The molecule has 2 atom stereocenters. The maximum absolute atomic E-state index is 11.8. The van der Waals surface area contributed by atoms with E-state index in [1.165, 1.54) is 18.4 Å². The van der Waals surface area contributed by atoms with Gasteiger partial charge in [0.15, 0.2) is 0 Å². The van der Waals surface area contributed by atoms with Crippen molar-refractivity contribution in [2.24, 2.45) is 0 Å². The van der Waals surface area contributed by atoms with E-state index in [2.05, 4.69) is 17.0 Å². The van der Waals surface area contributed by atoms with Gasteiger partial charge in [-0.1, -0.05) is 24.6 Å². The maximum atomic E-state index is 11.8. The second-order valence-electron chi connectivity index (χ2n) is 5.66. The summed E-state index contributed by atoms with van der Waals surface area (Å²) >= 11 is 0. The number of piperidine rings is 1. The fraction of sp³-hybridized carbons (Fsp3) is 0.562. The van der Waals surface area contributed by atoms with Crippen LogP contribution < -0.4 is 4.74 Å². The minimum Gasteiger partial charge on any atom is -0.493 e. The molecule has 2 aliphatic rings. The Morgan fingerprint density at radius 1 is 1.37 bits per heavy atom. The number of benzene rings is 1. The summed E-state index contributed by atoms with van der Waals surface area (Å²) in [6, 6.07) is 8.40. The first kappa shape index (κ1) is 12.7. The number of likely N-dealkylation sites (tertiary alicyclic amines) is 1. The van der Waals surface area contributed by atoms with Crippen LogP contribution in [0.2, 0.25) is 0 Å². The summed E-state index contributed by atoms with van der Waals surface area (Å²) in [7, 11) is 0. The molecule has 0 aromatic heterocycles. The molecule has 3 nitrogen and oxygen atoms in total. The number of carbonyl (C=O) groups excluding carboxylic acids is 1. The lowest BCUT2D eigenvalue weighted by molar-refractivity contribution is -0.123. The number of hydrogen-bond acceptors (Lipinski definition) is 3. The number of carbonyl (C=O) groups is 1. The molecule has 2 unspecified atom stereocenters. The highest BCUT2D eigenvalue weighted by Crippen LogP contribution is 2.35. The fourth-order valence-corrected chi connectivity index (χ4v) is 3.33. The molecule has 3 heteroatoms. The topological polar surface area (TPSA) is 29.5 Å². The summed E-state index contributed by atoms with van der Waals surface area (Å²) < 4.78 is 5.74. The van der Waals surface area contributed by atoms with Crippen LogP contribution in [-0.2, 0) is 4.79 Å². The molecular formula is C16H21NO2. The molecule has 1 aromatic rings. The molecule has 1 saturated heterocycles. The Morgan fingerprint density at radius 3 is 3.05 bits per heavy atom. The summed E-state index contributed by atoms with van der Waals surface area (Å²) in [4.78, 5) is 14.1. The number of rotatable bonds is 3. The van der Waals surface area contributed by atoms with Gasteiger partial charge in [0.1, 0.15) is 11.5 Å². The largest absolute Gasteiger partial charge is 0.493 e. The first-order chi connectivity index (χ1) is 9.25. The normalized spacial score (nSPS) is 26.8. The van der Waals surface area contributed by atoms with Crippen molar-refractivity contribution >= 4 is 5.78 Å². The maximum Gasteiger partial charge on any atom is 0.146 e. The molecule has 2 heterocycles. The zero-order chi connectivity index (χ0) is 13.2. The molecule has 1 fully saturated rings. The van der Waals surface area contributed by atoms with Gasteiger partial charge in [0.05, 0.1) is 12.6 Å². The van der Waals surface area contributed by atoms with Gasteiger partial charge < -0.3 is 4.74 Å². The Hall–Kier alpha value is -1.35. The standard InChI is InChI=1S/C16H21NO2/c1-12(18)15-7-4-5-9-17(15)10-13-11-19-16-8-3-2-6-14(13)16/h2-3,6,8,13,15H,4-5,7,9-11H2,1H3. The number of para-hydroxylation sites is 1. The SMILES string of the molecule is CC(=O)C1CCCCN1CC1COc2ccccc21. The Balaban J connectivity index is 1.73. The van der Waals surface area contributed by atoms with Gasteiger partial charge in [0, 0.05) is 18.0 Å². The van der Waals surface area contributed by atoms with Gasteiger partial charge in [-0.3, -0.25) is 9.69 Å². The zero-order valence-corrected chi connectivity index (χ0v) is 11.5. The average molecular weight is 259 g/mol. The van der Waals surface area contributed by atoms with Crippen molar-refractivity contribution in [3.8, 4) is 5.75 Å². The van der Waals surface area contributed by atoms with Crippen molar-refractivity contribution in [2.45, 2.75) is 38.1 Å². The van der Waals surface area contributed by atoms with Crippen LogP contribution >= 0.6 is 0 Å². The van der Waals surface area contributed by atoms with Crippen LogP contribution in [0.25, 0.3) is 0 Å². The monoisotopic (exact) mass is 259 g/mol. The second kappa shape index (κ2) is 5.33. The van der Waals surface area contributed by atoms with E-state index in [9.17, 15) is 4.79 Å². The van der Waals surface area contributed by atoms with E-state index in [4.69, 9.17) is 4.74 Å². The third-order valence-electron chi connectivity index (χ3n) is 4.34. The third-order valence-corrected chi connectivity index (χ3v) is 4.34. The molecule has 0 N–H and O–H groups in total. The summed E-state index contributed by atoms with van der Waals surface area (Å²) in [5, 5.41) is 0. The molecule has 0 radical (unpaired) electrons. The highest BCUT2D eigenvalue weighted by atomic mass is 16.5. The summed E-state index contributed by atoms with van der Waals surface area (Å²) in [6.45, 7) is 4.47. The lowest BCUT2D eigenvalue weighted by atomic mass is 9.95. The van der Waals surface area contributed by atoms with Gasteiger partial charge in [-0.05, 0) is 32.4 Å². The zero-order valence-electron chi connectivity index (χ0n) is 11.5. The Kier molecular flexibility index (Phi) is 3.56. The summed E-state index contributed by atoms with van der Waals surface area (Å²) in [5.41, 5.74) is 1.30. The fourth-order valence-electron chi connectivity index (χ4n) is 3.33. The van der Waals surface area contributed by atoms with Crippen molar-refractivity contribution in [1.82, 2.24) is 4.90 Å². The van der Waals surface area contributed by atoms with Gasteiger partial charge in [-0.15, -0.1) is 0 Å². The van der Waals surface area contributed by atoms with Gasteiger partial charge in [0.2, 0.25) is 0 Å². The van der Waals surface area contributed by atoms with Crippen LogP contribution in [0.5, 0.6) is 5.75 Å². The van der Waals surface area contributed by atoms with E-state index in [1.807, 2.05) is 12.1 Å². The highest BCUT2D eigenvalue weighted by molar-refractivity contribution is 5.81. The minimum absolute atomic E-state index is 0.126. The van der Waals surface area contributed by atoms with Crippen molar-refractivity contribution in [3.63, 3.8) is 0 Å². The molecular weight excluding hydrogens is 238 g/mol. The molecule has 0 spiro atoms. The predicted molar refractivity (Wildman–Crippen MR) is 74.6 cm³/mol. The van der Waals surface area contributed by atoms with Crippen LogP contribution in [-0.4, -0.2) is 36.4 Å². The van der Waals surface area contributed by atoms with E-state index < -0.39 is 0 Å². The van der Waals surface area contributed by atoms with Crippen LogP contribution in [0, 0.1) is 0 Å². The molecule has 102 valence electrons. The number of ketones is 1. The number of hydrogen-bond donors (Lipinski definition) is 0. The molecule has 2 aliphatic heterocycles. The van der Waals surface area contributed by atoms with Crippen LogP contribution in [0.1, 0.15) is 37.7 Å². The summed E-state index contributed by atoms with van der Waals surface area (Å²) in [6.07, 6.45) is 3.40. The first-order valence-corrected chi connectivity index (χ1v) is 7.22. The van der Waals surface area contributed by atoms with Crippen molar-refractivity contribution in [2.75, 3.05) is 19.7 Å². The van der Waals surface area contributed by atoms with Crippen LogP contribution in [0.3, 0.4) is 0 Å². The number of nitrogens with zero attached hydrogens (tertiary/aromatic N) is 1. The third kappa shape index (κ3) is 2.52. The van der Waals surface area contributed by atoms with Gasteiger partial charge in [0.25, 0.3) is 0 Å². The molecule has 19 heavy (non-hydrogen) atoms. The molecule has 0 amide bonds. The predicted octanol–water partition coefficient (Wildman–Crippen LogP) is 2.61. The number of ether oxygens (including phenoxy) is 1. The Morgan fingerprint density at radius 2 is 2.21 bits per heavy atom. The van der Waals surface area contributed by atoms with Gasteiger partial charge >= 0.3 is 0 Å². The lowest BCUT2D eigenvalue weighted by Crippen LogP contribution is -2.45. The number of Topliss-reactive ketones (excluding diaryl/α,β-unsaturated/α-hetero) is 1. The quantitative estimate of drug-likeness (QED) is 0.835. The Bertz CT molecular complexity index is 472. The van der Waals surface area contributed by atoms with Crippen LogP contribution in [0.15, 0.2) is 24.3 Å².